The summed E-state index contributed by atoms with van der Waals surface area (Å²) in [4.78, 5) is 17.2. The van der Waals surface area contributed by atoms with E-state index in [1.165, 1.54) is 18.3 Å². The number of benzene rings is 1. The van der Waals surface area contributed by atoms with E-state index in [9.17, 15) is 15.4 Å². The second kappa shape index (κ2) is 9.78. The van der Waals surface area contributed by atoms with Gasteiger partial charge in [-0.2, -0.15) is 10.4 Å². The first kappa shape index (κ1) is 21.2. The maximum absolute atomic E-state index is 11.2. The number of nitriles is 1. The smallest absolute Gasteiger partial charge is 0.270 e. The number of rotatable bonds is 7. The third-order valence-corrected chi connectivity index (χ3v) is 4.59. The fourth-order valence-corrected chi connectivity index (χ4v) is 3.23. The Morgan fingerprint density at radius 1 is 1.43 bits per heavy atom. The highest BCUT2D eigenvalue weighted by atomic mass is 16.6. The number of aryl methyl sites for hydroxylation is 1. The number of methoxy groups -OCH3 is 1. The van der Waals surface area contributed by atoms with Gasteiger partial charge in [0.1, 0.15) is 11.6 Å². The lowest BCUT2D eigenvalue weighted by atomic mass is 10.1. The average molecular weight is 410 g/mol. The van der Waals surface area contributed by atoms with Crippen LogP contribution in [0, 0.1) is 28.4 Å². The van der Waals surface area contributed by atoms with Crippen molar-refractivity contribution in [2.45, 2.75) is 13.5 Å². The number of hydrogen-bond acceptors (Lipinski definition) is 9. The van der Waals surface area contributed by atoms with E-state index in [0.717, 1.165) is 5.69 Å². The van der Waals surface area contributed by atoms with Crippen LogP contribution in [-0.2, 0) is 16.1 Å². The standard InChI is InChI=1S/C20H22N6O4/c1-14-9-16(13-29-2)18(11-21)20(23-14)24-22-12-15-10-17(26(27)28)3-4-19(15)25-5-7-30-8-6-25/h3-4,9-10,12H,5-8,13H2,1-2H3,(H,23,24)/b22-12+. The zero-order valence-corrected chi connectivity index (χ0v) is 16.8. The number of ether oxygens (including phenoxy) is 2. The van der Waals surface area contributed by atoms with Gasteiger partial charge in [-0.05, 0) is 19.1 Å². The van der Waals surface area contributed by atoms with E-state index in [-0.39, 0.29) is 12.3 Å². The predicted octanol–water partition coefficient (Wildman–Crippen LogP) is 2.60. The van der Waals surface area contributed by atoms with Gasteiger partial charge in [0.2, 0.25) is 0 Å². The number of aromatic nitrogens is 1. The lowest BCUT2D eigenvalue weighted by Crippen LogP contribution is -2.36. The lowest BCUT2D eigenvalue weighted by molar-refractivity contribution is -0.384. The van der Waals surface area contributed by atoms with Gasteiger partial charge in [-0.25, -0.2) is 4.98 Å². The van der Waals surface area contributed by atoms with Crippen molar-refractivity contribution in [3.05, 3.63) is 56.8 Å². The third-order valence-electron chi connectivity index (χ3n) is 4.59. The number of nitrogens with zero attached hydrogens (tertiary/aromatic N) is 5. The summed E-state index contributed by atoms with van der Waals surface area (Å²) >= 11 is 0. The second-order valence-corrected chi connectivity index (χ2v) is 6.66. The Morgan fingerprint density at radius 3 is 2.87 bits per heavy atom. The molecule has 0 radical (unpaired) electrons. The highest BCUT2D eigenvalue weighted by Crippen LogP contribution is 2.25. The molecular formula is C20H22N6O4. The monoisotopic (exact) mass is 410 g/mol. The van der Waals surface area contributed by atoms with Crippen molar-refractivity contribution >= 4 is 23.4 Å². The number of morpholine rings is 1. The summed E-state index contributed by atoms with van der Waals surface area (Å²) in [5, 5.41) is 24.9. The molecule has 10 nitrogen and oxygen atoms in total. The predicted molar refractivity (Wildman–Crippen MR) is 112 cm³/mol. The van der Waals surface area contributed by atoms with Crippen LogP contribution in [-0.4, -0.2) is 49.5 Å². The summed E-state index contributed by atoms with van der Waals surface area (Å²) in [7, 11) is 1.55. The Hall–Kier alpha value is -3.55. The summed E-state index contributed by atoms with van der Waals surface area (Å²) in [6.07, 6.45) is 1.50. The Kier molecular flexibility index (Phi) is 6.90. The van der Waals surface area contributed by atoms with Gasteiger partial charge < -0.3 is 14.4 Å². The average Bonchev–Trinajstić information content (AvgIpc) is 2.74. The summed E-state index contributed by atoms with van der Waals surface area (Å²) in [5.41, 5.74) is 5.94. The normalized spacial score (nSPS) is 14.0. The van der Waals surface area contributed by atoms with Crippen LogP contribution in [0.5, 0.6) is 0 Å². The topological polar surface area (TPSA) is 126 Å². The van der Waals surface area contributed by atoms with E-state index in [1.807, 2.05) is 6.92 Å². The van der Waals surface area contributed by atoms with Gasteiger partial charge in [0.25, 0.3) is 5.69 Å². The van der Waals surface area contributed by atoms with Crippen LogP contribution >= 0.6 is 0 Å². The minimum Gasteiger partial charge on any atom is -0.380 e. The van der Waals surface area contributed by atoms with Crippen molar-refractivity contribution in [1.29, 1.82) is 5.26 Å². The first-order valence-electron chi connectivity index (χ1n) is 9.33. The van der Waals surface area contributed by atoms with Gasteiger partial charge in [-0.3, -0.25) is 15.5 Å². The fourth-order valence-electron chi connectivity index (χ4n) is 3.23. The molecule has 3 rings (SSSR count). The lowest BCUT2D eigenvalue weighted by Gasteiger charge is -2.29. The van der Waals surface area contributed by atoms with Crippen LogP contribution in [0.15, 0.2) is 29.4 Å². The molecule has 0 unspecified atom stereocenters. The maximum Gasteiger partial charge on any atom is 0.270 e. The molecule has 0 aliphatic carbocycles. The first-order chi connectivity index (χ1) is 14.5. The highest BCUT2D eigenvalue weighted by molar-refractivity contribution is 5.89. The molecule has 0 atom stereocenters. The van der Waals surface area contributed by atoms with Gasteiger partial charge >= 0.3 is 0 Å². The number of nitro benzene ring substituents is 1. The van der Waals surface area contributed by atoms with E-state index in [0.29, 0.717) is 54.5 Å². The van der Waals surface area contributed by atoms with E-state index >= 15 is 0 Å². The molecule has 0 bridgehead atoms. The second-order valence-electron chi connectivity index (χ2n) is 6.66. The quantitative estimate of drug-likeness (QED) is 0.419. The SMILES string of the molecule is COCc1cc(C)nc(N/N=C/c2cc([N+](=O)[O-])ccc2N2CCOCC2)c1C#N. The van der Waals surface area contributed by atoms with E-state index < -0.39 is 4.92 Å². The largest absolute Gasteiger partial charge is 0.380 e. The van der Waals surface area contributed by atoms with Crippen molar-refractivity contribution in [2.75, 3.05) is 43.7 Å². The van der Waals surface area contributed by atoms with E-state index in [2.05, 4.69) is 26.5 Å². The Morgan fingerprint density at radius 2 is 2.20 bits per heavy atom. The highest BCUT2D eigenvalue weighted by Gasteiger charge is 2.17. The minimum atomic E-state index is -0.444. The number of hydrogen-bond donors (Lipinski definition) is 1. The number of hydrazone groups is 1. The van der Waals surface area contributed by atoms with Gasteiger partial charge in [-0.15, -0.1) is 0 Å². The van der Waals surface area contributed by atoms with Crippen LogP contribution in [0.25, 0.3) is 0 Å². The molecule has 1 aliphatic heterocycles. The molecule has 1 aromatic heterocycles. The fraction of sp³-hybridized carbons (Fsp3) is 0.350. The molecule has 0 amide bonds. The Labute approximate surface area is 173 Å². The Bertz CT molecular complexity index is 996. The number of non-ortho nitro benzene ring substituents is 1. The van der Waals surface area contributed by atoms with Crippen LogP contribution in [0.2, 0.25) is 0 Å². The molecule has 30 heavy (non-hydrogen) atoms. The minimum absolute atomic E-state index is 0.0257. The Balaban J connectivity index is 1.91. The molecule has 1 fully saturated rings. The van der Waals surface area contributed by atoms with Crippen LogP contribution in [0.1, 0.15) is 22.4 Å². The van der Waals surface area contributed by atoms with Crippen molar-refractivity contribution in [2.24, 2.45) is 5.10 Å². The molecule has 156 valence electrons. The molecule has 2 aromatic rings. The summed E-state index contributed by atoms with van der Waals surface area (Å²) in [6.45, 7) is 4.64. The number of anilines is 2. The summed E-state index contributed by atoms with van der Waals surface area (Å²) in [6, 6.07) is 8.57. The van der Waals surface area contributed by atoms with Gasteiger partial charge in [-0.1, -0.05) is 0 Å². The maximum atomic E-state index is 11.2. The third kappa shape index (κ3) is 4.89. The van der Waals surface area contributed by atoms with E-state index in [1.54, 1.807) is 19.2 Å². The zero-order valence-electron chi connectivity index (χ0n) is 16.8. The first-order valence-corrected chi connectivity index (χ1v) is 9.33. The number of nitrogens with one attached hydrogen (secondary N) is 1. The van der Waals surface area contributed by atoms with Crippen molar-refractivity contribution < 1.29 is 14.4 Å². The molecular weight excluding hydrogens is 388 g/mol. The van der Waals surface area contributed by atoms with Crippen molar-refractivity contribution in [3.8, 4) is 6.07 Å². The van der Waals surface area contributed by atoms with Gasteiger partial charge in [0.15, 0.2) is 5.82 Å². The molecule has 1 N–H and O–H groups in total. The van der Waals surface area contributed by atoms with Crippen molar-refractivity contribution in [3.63, 3.8) is 0 Å². The zero-order chi connectivity index (χ0) is 21.5. The molecule has 1 saturated heterocycles. The van der Waals surface area contributed by atoms with Crippen LogP contribution in [0.3, 0.4) is 0 Å². The molecule has 0 spiro atoms. The van der Waals surface area contributed by atoms with Crippen molar-refractivity contribution in [1.82, 2.24) is 4.98 Å². The van der Waals surface area contributed by atoms with Crippen LogP contribution in [0.4, 0.5) is 17.2 Å². The van der Waals surface area contributed by atoms with E-state index in [4.69, 9.17) is 9.47 Å². The van der Waals surface area contributed by atoms with Gasteiger partial charge in [0, 0.05) is 54.8 Å². The summed E-state index contributed by atoms with van der Waals surface area (Å²) < 4.78 is 10.5. The number of nitro groups is 1. The molecule has 10 heteroatoms. The summed E-state index contributed by atoms with van der Waals surface area (Å²) in [5.74, 6) is 0.305. The van der Waals surface area contributed by atoms with Gasteiger partial charge in [0.05, 0.1) is 31.0 Å². The molecule has 1 aliphatic rings. The van der Waals surface area contributed by atoms with Crippen LogP contribution < -0.4 is 10.3 Å². The number of pyridine rings is 1. The molecule has 2 heterocycles. The molecule has 1 aromatic carbocycles. The molecule has 0 saturated carbocycles.